The number of aryl methyl sites for hydroxylation is 1. The molecule has 2 aromatic rings. The molecule has 0 fully saturated rings. The summed E-state index contributed by atoms with van der Waals surface area (Å²) in [4.78, 5) is 14.8. The van der Waals surface area contributed by atoms with Crippen molar-refractivity contribution in [2.45, 2.75) is 32.6 Å². The predicted octanol–water partition coefficient (Wildman–Crippen LogP) is -0.0662. The van der Waals surface area contributed by atoms with Crippen LogP contribution in [0.1, 0.15) is 31.9 Å². The standard InChI is InChI=1S/C16H19NO2.HI/c1-2-3-12-19-16(18)9-8-15-14-7-5-4-6-13(14)10-11-17-15;/h4-7,10-11H,2-3,8-9,12H2,1H3;1H. The van der Waals surface area contributed by atoms with Crippen LogP contribution in [-0.4, -0.2) is 12.6 Å². The van der Waals surface area contributed by atoms with E-state index in [1.807, 2.05) is 24.4 Å². The summed E-state index contributed by atoms with van der Waals surface area (Å²) < 4.78 is 5.16. The van der Waals surface area contributed by atoms with Gasteiger partial charge in [0.05, 0.1) is 13.0 Å². The number of carbonyl (C=O) groups excluding carboxylic acids is 1. The summed E-state index contributed by atoms with van der Waals surface area (Å²) in [5.41, 5.74) is 1.09. The Bertz CT molecular complexity index is 552. The maximum absolute atomic E-state index is 11.6. The maximum atomic E-state index is 11.6. The van der Waals surface area contributed by atoms with Gasteiger partial charge in [0, 0.05) is 17.9 Å². The number of unbranched alkanes of at least 4 members (excludes halogenated alkanes) is 1. The first kappa shape index (κ1) is 16.9. The summed E-state index contributed by atoms with van der Waals surface area (Å²) in [7, 11) is 0. The number of carbonyl (C=O) groups is 1. The average Bonchev–Trinajstić information content (AvgIpc) is 2.45. The van der Waals surface area contributed by atoms with Crippen molar-refractivity contribution in [3.63, 3.8) is 0 Å². The third-order valence-corrected chi connectivity index (χ3v) is 3.15. The summed E-state index contributed by atoms with van der Waals surface area (Å²) in [5.74, 6) is -0.116. The van der Waals surface area contributed by atoms with Crippen LogP contribution < -0.4 is 29.0 Å². The summed E-state index contributed by atoms with van der Waals surface area (Å²) >= 11 is 0. The molecule has 2 rings (SSSR count). The second kappa shape index (κ2) is 8.89. The quantitative estimate of drug-likeness (QED) is 0.397. The van der Waals surface area contributed by atoms with Gasteiger partial charge in [-0.15, -0.1) is 0 Å². The van der Waals surface area contributed by atoms with Gasteiger partial charge in [-0.3, -0.25) is 4.79 Å². The summed E-state index contributed by atoms with van der Waals surface area (Å²) in [6, 6.07) is 10.2. The van der Waals surface area contributed by atoms with Gasteiger partial charge in [0.15, 0.2) is 11.9 Å². The molecular weight excluding hydrogens is 365 g/mol. The van der Waals surface area contributed by atoms with Gasteiger partial charge in [0.25, 0.3) is 0 Å². The third-order valence-electron chi connectivity index (χ3n) is 3.15. The lowest BCUT2D eigenvalue weighted by molar-refractivity contribution is -0.388. The molecule has 0 aliphatic carbocycles. The molecule has 0 atom stereocenters. The first-order chi connectivity index (χ1) is 9.31. The number of hydrogen-bond acceptors (Lipinski definition) is 2. The molecule has 4 heteroatoms. The number of aromatic nitrogens is 1. The van der Waals surface area contributed by atoms with Crippen molar-refractivity contribution in [2.75, 3.05) is 6.61 Å². The van der Waals surface area contributed by atoms with E-state index in [0.29, 0.717) is 19.4 Å². The number of nitrogens with one attached hydrogen (secondary N) is 1. The SMILES string of the molecule is CCCCOC(=O)CCc1[nH+]ccc2ccccc12.[I-]. The van der Waals surface area contributed by atoms with Gasteiger partial charge in [0.2, 0.25) is 0 Å². The molecule has 0 saturated heterocycles. The van der Waals surface area contributed by atoms with E-state index in [-0.39, 0.29) is 29.9 Å². The van der Waals surface area contributed by atoms with Gasteiger partial charge in [-0.1, -0.05) is 31.5 Å². The fourth-order valence-electron chi connectivity index (χ4n) is 2.06. The minimum atomic E-state index is -0.116. The number of benzene rings is 1. The zero-order chi connectivity index (χ0) is 13.5. The number of H-pyrrole nitrogens is 1. The number of pyridine rings is 1. The summed E-state index contributed by atoms with van der Waals surface area (Å²) in [6.45, 7) is 2.62. The number of esters is 1. The molecule has 1 aromatic carbocycles. The van der Waals surface area contributed by atoms with Crippen LogP contribution in [0.2, 0.25) is 0 Å². The van der Waals surface area contributed by atoms with E-state index >= 15 is 0 Å². The van der Waals surface area contributed by atoms with E-state index in [1.54, 1.807) is 0 Å². The molecule has 1 heterocycles. The molecule has 0 aliphatic heterocycles. The van der Waals surface area contributed by atoms with Crippen molar-refractivity contribution in [2.24, 2.45) is 0 Å². The molecule has 0 radical (unpaired) electrons. The molecule has 3 nitrogen and oxygen atoms in total. The van der Waals surface area contributed by atoms with Gasteiger partial charge in [-0.25, -0.2) is 4.98 Å². The number of fused-ring (bicyclic) bond motifs is 1. The van der Waals surface area contributed by atoms with Gasteiger partial charge in [-0.05, 0) is 17.9 Å². The Morgan fingerprint density at radius 3 is 2.85 bits per heavy atom. The van der Waals surface area contributed by atoms with E-state index in [9.17, 15) is 4.79 Å². The second-order valence-electron chi connectivity index (χ2n) is 4.62. The topological polar surface area (TPSA) is 40.4 Å². The Hall–Kier alpha value is -1.17. The molecule has 0 saturated carbocycles. The van der Waals surface area contributed by atoms with Crippen LogP contribution in [0, 0.1) is 0 Å². The van der Waals surface area contributed by atoms with Gasteiger partial charge >= 0.3 is 5.97 Å². The van der Waals surface area contributed by atoms with Crippen molar-refractivity contribution >= 4 is 16.7 Å². The van der Waals surface area contributed by atoms with Crippen LogP contribution in [0.3, 0.4) is 0 Å². The molecule has 1 N–H and O–H groups in total. The Morgan fingerprint density at radius 2 is 2.05 bits per heavy atom. The zero-order valence-electron chi connectivity index (χ0n) is 11.7. The van der Waals surface area contributed by atoms with E-state index < -0.39 is 0 Å². The highest BCUT2D eigenvalue weighted by molar-refractivity contribution is 5.83. The van der Waals surface area contributed by atoms with E-state index in [0.717, 1.165) is 18.5 Å². The number of aromatic amines is 1. The highest BCUT2D eigenvalue weighted by atomic mass is 127. The molecule has 0 aliphatic rings. The molecule has 0 bridgehead atoms. The van der Waals surface area contributed by atoms with E-state index in [1.165, 1.54) is 10.8 Å². The van der Waals surface area contributed by atoms with Gasteiger partial charge in [-0.2, -0.15) is 0 Å². The number of ether oxygens (including phenoxy) is 1. The van der Waals surface area contributed by atoms with Crippen molar-refractivity contribution in [1.29, 1.82) is 0 Å². The molecule has 108 valence electrons. The number of hydrogen-bond donors (Lipinski definition) is 0. The Balaban J connectivity index is 0.00000200. The van der Waals surface area contributed by atoms with Crippen LogP contribution in [0.4, 0.5) is 0 Å². The maximum Gasteiger partial charge on any atom is 0.306 e. The zero-order valence-corrected chi connectivity index (χ0v) is 13.9. The van der Waals surface area contributed by atoms with E-state index in [2.05, 4.69) is 24.0 Å². The van der Waals surface area contributed by atoms with Crippen LogP contribution in [0.25, 0.3) is 10.8 Å². The largest absolute Gasteiger partial charge is 1.00 e. The molecule has 20 heavy (non-hydrogen) atoms. The summed E-state index contributed by atoms with van der Waals surface area (Å²) in [5, 5.41) is 2.36. The van der Waals surface area contributed by atoms with Crippen molar-refractivity contribution in [3.05, 3.63) is 42.2 Å². The Kier molecular flexibility index (Phi) is 7.51. The van der Waals surface area contributed by atoms with Crippen LogP contribution in [-0.2, 0) is 16.0 Å². The van der Waals surface area contributed by atoms with Crippen molar-refractivity contribution in [1.82, 2.24) is 0 Å². The highest BCUT2D eigenvalue weighted by Gasteiger charge is 2.11. The van der Waals surface area contributed by atoms with E-state index in [4.69, 9.17) is 4.74 Å². The molecule has 1 aromatic heterocycles. The molecule has 0 amide bonds. The highest BCUT2D eigenvalue weighted by Crippen LogP contribution is 2.15. The van der Waals surface area contributed by atoms with Crippen LogP contribution in [0.5, 0.6) is 0 Å². The van der Waals surface area contributed by atoms with Crippen LogP contribution >= 0.6 is 0 Å². The smallest absolute Gasteiger partial charge is 0.306 e. The van der Waals surface area contributed by atoms with Crippen molar-refractivity contribution < 1.29 is 38.5 Å². The predicted molar refractivity (Wildman–Crippen MR) is 74.7 cm³/mol. The molecular formula is C16H20INO2. The monoisotopic (exact) mass is 385 g/mol. The normalized spacial score (nSPS) is 10.1. The van der Waals surface area contributed by atoms with Crippen LogP contribution in [0.15, 0.2) is 36.5 Å². The molecule has 0 spiro atoms. The first-order valence-corrected chi connectivity index (χ1v) is 6.85. The molecule has 0 unspecified atom stereocenters. The Morgan fingerprint density at radius 1 is 1.25 bits per heavy atom. The lowest BCUT2D eigenvalue weighted by Gasteiger charge is -2.03. The fourth-order valence-corrected chi connectivity index (χ4v) is 2.06. The average molecular weight is 385 g/mol. The summed E-state index contributed by atoms with van der Waals surface area (Å²) in [6.07, 6.45) is 5.01. The number of rotatable bonds is 6. The third kappa shape index (κ3) is 4.74. The van der Waals surface area contributed by atoms with Crippen molar-refractivity contribution in [3.8, 4) is 0 Å². The second-order valence-corrected chi connectivity index (χ2v) is 4.62. The lowest BCUT2D eigenvalue weighted by atomic mass is 10.1. The fraction of sp³-hybridized carbons (Fsp3) is 0.375. The Labute approximate surface area is 136 Å². The van der Waals surface area contributed by atoms with Gasteiger partial charge in [0.1, 0.15) is 0 Å². The first-order valence-electron chi connectivity index (χ1n) is 6.85. The van der Waals surface area contributed by atoms with Gasteiger partial charge < -0.3 is 28.7 Å². The minimum absolute atomic E-state index is 0. The lowest BCUT2D eigenvalue weighted by Crippen LogP contribution is -3.00. The number of halogens is 1. The minimum Gasteiger partial charge on any atom is -1.00 e.